The number of carboxylic acids is 1. The number of ether oxygens (including phenoxy) is 1. The number of aryl methyl sites for hydroxylation is 1. The van der Waals surface area contributed by atoms with Gasteiger partial charge < -0.3 is 15.2 Å². The summed E-state index contributed by atoms with van der Waals surface area (Å²) in [4.78, 5) is 11.7. The summed E-state index contributed by atoms with van der Waals surface area (Å²) < 4.78 is 20.4. The number of carboxylic acid groups (broad SMARTS) is 1. The van der Waals surface area contributed by atoms with Crippen LogP contribution in [0.15, 0.2) is 78.9 Å². The van der Waals surface area contributed by atoms with E-state index >= 15 is 0 Å². The second kappa shape index (κ2) is 11.1. The van der Waals surface area contributed by atoms with Crippen LogP contribution in [0, 0.1) is 12.7 Å². The van der Waals surface area contributed by atoms with Gasteiger partial charge in [0.1, 0.15) is 11.6 Å². The van der Waals surface area contributed by atoms with Crippen molar-refractivity contribution in [2.24, 2.45) is 0 Å². The maximum absolute atomic E-state index is 14.1. The molecule has 0 saturated carbocycles. The number of rotatable bonds is 9. The van der Waals surface area contributed by atoms with Gasteiger partial charge >= 0.3 is 5.97 Å². The molecule has 1 aliphatic heterocycles. The molecule has 5 rings (SSSR count). The molecular weight excluding hydrogens is 465 g/mol. The number of nitrogens with one attached hydrogen (secondary N) is 1. The molecule has 2 atom stereocenters. The van der Waals surface area contributed by atoms with Gasteiger partial charge in [-0.15, -0.1) is 0 Å². The zero-order valence-corrected chi connectivity index (χ0v) is 21.0. The first-order valence-corrected chi connectivity index (χ1v) is 13.0. The van der Waals surface area contributed by atoms with Crippen LogP contribution in [0.2, 0.25) is 0 Å². The van der Waals surface area contributed by atoms with Crippen LogP contribution in [0.4, 0.5) is 4.39 Å². The van der Waals surface area contributed by atoms with Crippen molar-refractivity contribution in [1.29, 1.82) is 0 Å². The molecule has 0 aromatic heterocycles. The fourth-order valence-corrected chi connectivity index (χ4v) is 5.42. The third-order valence-corrected chi connectivity index (χ3v) is 7.39. The van der Waals surface area contributed by atoms with Crippen LogP contribution in [0.1, 0.15) is 57.8 Å². The summed E-state index contributed by atoms with van der Waals surface area (Å²) in [5.74, 6) is -0.0776. The molecule has 4 aromatic rings. The minimum atomic E-state index is -0.893. The maximum atomic E-state index is 14.1. The predicted molar refractivity (Wildman–Crippen MR) is 145 cm³/mol. The monoisotopic (exact) mass is 497 g/mol. The number of fused-ring (bicyclic) bond motifs is 2. The molecule has 0 bridgehead atoms. The van der Waals surface area contributed by atoms with E-state index in [2.05, 4.69) is 11.4 Å². The number of para-hydroxylation sites is 1. The summed E-state index contributed by atoms with van der Waals surface area (Å²) in [6.45, 7) is 3.53. The molecule has 37 heavy (non-hydrogen) atoms. The summed E-state index contributed by atoms with van der Waals surface area (Å²) in [6.07, 6.45) is 3.61. The Morgan fingerprint density at radius 3 is 2.62 bits per heavy atom. The van der Waals surface area contributed by atoms with Gasteiger partial charge in [-0.3, -0.25) is 0 Å². The third-order valence-electron chi connectivity index (χ3n) is 7.39. The van der Waals surface area contributed by atoms with E-state index < -0.39 is 5.97 Å². The summed E-state index contributed by atoms with van der Waals surface area (Å²) in [6, 6.07) is 24.9. The van der Waals surface area contributed by atoms with Crippen molar-refractivity contribution in [2.75, 3.05) is 13.1 Å². The lowest BCUT2D eigenvalue weighted by Crippen LogP contribution is -2.28. The molecule has 0 radical (unpaired) electrons. The van der Waals surface area contributed by atoms with Gasteiger partial charge in [0.2, 0.25) is 0 Å². The molecule has 4 nitrogen and oxygen atoms in total. The second-order valence-corrected chi connectivity index (χ2v) is 9.84. The average molecular weight is 498 g/mol. The van der Waals surface area contributed by atoms with E-state index in [-0.39, 0.29) is 17.8 Å². The van der Waals surface area contributed by atoms with Gasteiger partial charge in [0.15, 0.2) is 0 Å². The Morgan fingerprint density at radius 2 is 1.78 bits per heavy atom. The van der Waals surface area contributed by atoms with Gasteiger partial charge in [-0.2, -0.15) is 0 Å². The number of hydrogen-bond acceptors (Lipinski definition) is 3. The highest BCUT2D eigenvalue weighted by molar-refractivity contribution is 5.89. The molecule has 0 aliphatic carbocycles. The first-order chi connectivity index (χ1) is 18.0. The van der Waals surface area contributed by atoms with Gasteiger partial charge in [-0.05, 0) is 86.0 Å². The first kappa shape index (κ1) is 25.0. The van der Waals surface area contributed by atoms with Crippen molar-refractivity contribution in [3.8, 4) is 5.75 Å². The molecule has 2 unspecified atom stereocenters. The lowest BCUT2D eigenvalue weighted by molar-refractivity contribution is 0.0696. The quantitative estimate of drug-likeness (QED) is 0.248. The highest BCUT2D eigenvalue weighted by Crippen LogP contribution is 2.41. The van der Waals surface area contributed by atoms with Crippen LogP contribution in [-0.2, 0) is 6.42 Å². The van der Waals surface area contributed by atoms with Gasteiger partial charge in [-0.1, -0.05) is 60.7 Å². The molecule has 1 heterocycles. The van der Waals surface area contributed by atoms with E-state index in [1.807, 2.05) is 73.7 Å². The minimum Gasteiger partial charge on any atom is -0.490 e. The van der Waals surface area contributed by atoms with Crippen LogP contribution in [0.5, 0.6) is 5.75 Å². The Hall–Kier alpha value is -3.70. The zero-order valence-electron chi connectivity index (χ0n) is 21.0. The van der Waals surface area contributed by atoms with Crippen molar-refractivity contribution in [3.05, 3.63) is 112 Å². The summed E-state index contributed by atoms with van der Waals surface area (Å²) in [7, 11) is 0. The lowest BCUT2D eigenvalue weighted by Gasteiger charge is -2.33. The summed E-state index contributed by atoms with van der Waals surface area (Å²) in [5, 5.41) is 14.8. The average Bonchev–Trinajstić information content (AvgIpc) is 2.91. The molecule has 4 aromatic carbocycles. The number of hydrogen-bond donors (Lipinski definition) is 2. The van der Waals surface area contributed by atoms with Crippen molar-refractivity contribution in [2.45, 2.75) is 44.6 Å². The number of halogens is 1. The third kappa shape index (κ3) is 5.52. The highest BCUT2D eigenvalue weighted by Gasteiger charge is 2.29. The Labute approximate surface area is 217 Å². The van der Waals surface area contributed by atoms with Crippen LogP contribution in [0.25, 0.3) is 10.8 Å². The van der Waals surface area contributed by atoms with Crippen LogP contribution in [0.3, 0.4) is 0 Å². The SMILES string of the molecule is Cc1ccc(C2CC(CCCNCCc3ccc(F)c4ccccc34)Oc3ccccc32)cc1C(=O)O. The summed E-state index contributed by atoms with van der Waals surface area (Å²) in [5.41, 5.74) is 4.42. The Balaban J connectivity index is 1.18. The van der Waals surface area contributed by atoms with Gasteiger partial charge in [0, 0.05) is 16.9 Å². The Morgan fingerprint density at radius 1 is 1.00 bits per heavy atom. The van der Waals surface area contributed by atoms with Crippen LogP contribution >= 0.6 is 0 Å². The molecule has 0 amide bonds. The standard InChI is InChI=1S/C32H32FNO3/c1-21-12-13-23(19-28(21)32(35)36)29-20-24(37-31-11-5-4-10-27(29)31)7-6-17-34-18-16-22-14-15-30(33)26-9-3-2-8-25(22)26/h2-5,8-15,19,24,29,34H,6-7,16-18,20H2,1H3,(H,35,36). The largest absolute Gasteiger partial charge is 0.490 e. The topological polar surface area (TPSA) is 58.6 Å². The van der Waals surface area contributed by atoms with Gasteiger partial charge in [-0.25, -0.2) is 9.18 Å². The molecule has 0 fully saturated rings. The van der Waals surface area contributed by atoms with E-state index in [4.69, 9.17) is 4.74 Å². The normalized spacial score (nSPS) is 16.8. The minimum absolute atomic E-state index is 0.0670. The van der Waals surface area contributed by atoms with Crippen LogP contribution in [-0.4, -0.2) is 30.3 Å². The van der Waals surface area contributed by atoms with Crippen molar-refractivity contribution < 1.29 is 19.0 Å². The number of aromatic carboxylic acids is 1. The number of benzene rings is 4. The van der Waals surface area contributed by atoms with E-state index in [9.17, 15) is 14.3 Å². The summed E-state index contributed by atoms with van der Waals surface area (Å²) >= 11 is 0. The molecule has 5 heteroatoms. The molecule has 0 spiro atoms. The van der Waals surface area contributed by atoms with E-state index in [1.165, 1.54) is 0 Å². The molecule has 2 N–H and O–H groups in total. The van der Waals surface area contributed by atoms with Gasteiger partial charge in [0.25, 0.3) is 0 Å². The fraction of sp³-hybridized carbons (Fsp3) is 0.281. The van der Waals surface area contributed by atoms with Crippen molar-refractivity contribution in [1.82, 2.24) is 5.32 Å². The predicted octanol–water partition coefficient (Wildman–Crippen LogP) is 6.88. The van der Waals surface area contributed by atoms with Crippen LogP contribution < -0.4 is 10.1 Å². The highest BCUT2D eigenvalue weighted by atomic mass is 19.1. The second-order valence-electron chi connectivity index (χ2n) is 9.84. The molecule has 1 aliphatic rings. The molecule has 0 saturated heterocycles. The Kier molecular flexibility index (Phi) is 7.52. The van der Waals surface area contributed by atoms with Crippen molar-refractivity contribution >= 4 is 16.7 Å². The molecular formula is C32H32FNO3. The Bertz CT molecular complexity index is 1420. The maximum Gasteiger partial charge on any atom is 0.335 e. The van der Waals surface area contributed by atoms with Crippen molar-refractivity contribution in [3.63, 3.8) is 0 Å². The van der Waals surface area contributed by atoms with E-state index in [0.717, 1.165) is 72.2 Å². The fourth-order valence-electron chi connectivity index (χ4n) is 5.42. The van der Waals surface area contributed by atoms with E-state index in [0.29, 0.717) is 10.9 Å². The lowest BCUT2D eigenvalue weighted by atomic mass is 9.82. The smallest absolute Gasteiger partial charge is 0.335 e. The van der Waals surface area contributed by atoms with Gasteiger partial charge in [0.05, 0.1) is 11.7 Å². The number of carbonyl (C=O) groups is 1. The first-order valence-electron chi connectivity index (χ1n) is 13.0. The van der Waals surface area contributed by atoms with E-state index in [1.54, 1.807) is 6.07 Å². The zero-order chi connectivity index (χ0) is 25.8. The molecule has 190 valence electrons.